The van der Waals surface area contributed by atoms with E-state index in [9.17, 15) is 13.2 Å². The Kier molecular flexibility index (Phi) is 6.28. The van der Waals surface area contributed by atoms with E-state index < -0.39 is 10.2 Å². The number of imidazole rings is 1. The molecule has 1 aromatic rings. The zero-order chi connectivity index (χ0) is 18.6. The Morgan fingerprint density at radius 2 is 1.85 bits per heavy atom. The largest absolute Gasteiger partial charge is 0.379 e. The smallest absolute Gasteiger partial charge is 0.282 e. The van der Waals surface area contributed by atoms with Crippen LogP contribution in [0, 0.1) is 0 Å². The standard InChI is InChI=1S/C16H27N5O4S/c1-2-15-17-4-7-19(15)14-16(22)18-5-3-6-20(9-8-18)26(23,24)21-10-12-25-13-11-21/h4,7H,2-3,5-6,8-14H2,1H3. The first-order valence-electron chi connectivity index (χ1n) is 9.13. The lowest BCUT2D eigenvalue weighted by molar-refractivity contribution is -0.131. The molecule has 0 N–H and O–H groups in total. The third kappa shape index (κ3) is 4.25. The molecule has 0 atom stereocenters. The van der Waals surface area contributed by atoms with Gasteiger partial charge in [0.15, 0.2) is 0 Å². The Hall–Kier alpha value is -1.49. The van der Waals surface area contributed by atoms with Crippen molar-refractivity contribution < 1.29 is 17.9 Å². The van der Waals surface area contributed by atoms with Gasteiger partial charge >= 0.3 is 0 Å². The number of carbonyl (C=O) groups is 1. The van der Waals surface area contributed by atoms with Gasteiger partial charge in [-0.15, -0.1) is 0 Å². The van der Waals surface area contributed by atoms with Gasteiger partial charge in [-0.2, -0.15) is 17.0 Å². The number of rotatable bonds is 5. The summed E-state index contributed by atoms with van der Waals surface area (Å²) in [7, 11) is -3.48. The summed E-state index contributed by atoms with van der Waals surface area (Å²) in [6, 6.07) is 0. The average Bonchev–Trinajstić information content (AvgIpc) is 2.94. The van der Waals surface area contributed by atoms with E-state index in [0.717, 1.165) is 12.2 Å². The molecule has 2 aliphatic heterocycles. The second-order valence-corrected chi connectivity index (χ2v) is 8.41. The van der Waals surface area contributed by atoms with Crippen molar-refractivity contribution in [2.45, 2.75) is 26.3 Å². The predicted octanol–water partition coefficient (Wildman–Crippen LogP) is -0.443. The molecule has 10 heteroatoms. The van der Waals surface area contributed by atoms with E-state index >= 15 is 0 Å². The fourth-order valence-electron chi connectivity index (χ4n) is 3.36. The maximum absolute atomic E-state index is 12.8. The van der Waals surface area contributed by atoms with Crippen LogP contribution in [0.4, 0.5) is 0 Å². The molecule has 2 fully saturated rings. The minimum atomic E-state index is -3.48. The number of carbonyl (C=O) groups excluding carboxylic acids is 1. The van der Waals surface area contributed by atoms with Crippen LogP contribution < -0.4 is 0 Å². The van der Waals surface area contributed by atoms with Crippen molar-refractivity contribution in [1.29, 1.82) is 0 Å². The molecule has 26 heavy (non-hydrogen) atoms. The second-order valence-electron chi connectivity index (χ2n) is 6.48. The number of nitrogens with zero attached hydrogens (tertiary/aromatic N) is 5. The molecule has 3 rings (SSSR count). The Balaban J connectivity index is 1.60. The monoisotopic (exact) mass is 385 g/mol. The van der Waals surface area contributed by atoms with E-state index in [1.54, 1.807) is 11.1 Å². The molecular formula is C16H27N5O4S. The van der Waals surface area contributed by atoms with E-state index in [0.29, 0.717) is 58.9 Å². The summed E-state index contributed by atoms with van der Waals surface area (Å²) in [5.74, 6) is 0.882. The van der Waals surface area contributed by atoms with E-state index in [-0.39, 0.29) is 12.5 Å². The SMILES string of the molecule is CCc1nccn1CC(=O)N1CCCN(S(=O)(=O)N2CCOCC2)CC1. The molecule has 0 spiro atoms. The Morgan fingerprint density at radius 1 is 1.12 bits per heavy atom. The van der Waals surface area contributed by atoms with Gasteiger partial charge in [0.1, 0.15) is 12.4 Å². The molecule has 3 heterocycles. The Morgan fingerprint density at radius 3 is 2.58 bits per heavy atom. The van der Waals surface area contributed by atoms with Crippen molar-refractivity contribution in [1.82, 2.24) is 23.1 Å². The van der Waals surface area contributed by atoms with Crippen molar-refractivity contribution >= 4 is 16.1 Å². The van der Waals surface area contributed by atoms with Gasteiger partial charge in [0.2, 0.25) is 5.91 Å². The fourth-order valence-corrected chi connectivity index (χ4v) is 4.97. The Bertz CT molecular complexity index is 714. The molecule has 0 saturated carbocycles. The molecule has 0 unspecified atom stereocenters. The van der Waals surface area contributed by atoms with Gasteiger partial charge < -0.3 is 14.2 Å². The van der Waals surface area contributed by atoms with Crippen LogP contribution in [0.3, 0.4) is 0 Å². The molecule has 1 amide bonds. The molecular weight excluding hydrogens is 358 g/mol. The van der Waals surface area contributed by atoms with Gasteiger partial charge in [-0.25, -0.2) is 4.98 Å². The number of aryl methyl sites for hydroxylation is 1. The minimum Gasteiger partial charge on any atom is -0.379 e. The summed E-state index contributed by atoms with van der Waals surface area (Å²) in [5.41, 5.74) is 0. The number of morpholine rings is 1. The van der Waals surface area contributed by atoms with Crippen molar-refractivity contribution in [3.05, 3.63) is 18.2 Å². The first-order valence-corrected chi connectivity index (χ1v) is 10.5. The maximum atomic E-state index is 12.8. The summed E-state index contributed by atoms with van der Waals surface area (Å²) in [6.45, 7) is 5.66. The number of aromatic nitrogens is 2. The zero-order valence-electron chi connectivity index (χ0n) is 15.2. The summed E-state index contributed by atoms with van der Waals surface area (Å²) < 4.78 is 35.7. The summed E-state index contributed by atoms with van der Waals surface area (Å²) in [5, 5.41) is 0. The number of ether oxygens (including phenoxy) is 1. The van der Waals surface area contributed by atoms with Crippen LogP contribution in [-0.2, 0) is 32.7 Å². The van der Waals surface area contributed by atoms with Crippen LogP contribution in [-0.4, -0.2) is 89.9 Å². The lowest BCUT2D eigenvalue weighted by Gasteiger charge is -2.31. The molecule has 0 radical (unpaired) electrons. The van der Waals surface area contributed by atoms with Crippen LogP contribution in [0.1, 0.15) is 19.2 Å². The number of hydrogen-bond acceptors (Lipinski definition) is 5. The van der Waals surface area contributed by atoms with Crippen LogP contribution in [0.15, 0.2) is 12.4 Å². The highest BCUT2D eigenvalue weighted by molar-refractivity contribution is 7.86. The van der Waals surface area contributed by atoms with E-state index in [1.807, 2.05) is 17.7 Å². The normalized spacial score (nSPS) is 20.9. The maximum Gasteiger partial charge on any atom is 0.282 e. The highest BCUT2D eigenvalue weighted by Gasteiger charge is 2.32. The fraction of sp³-hybridized carbons (Fsp3) is 0.750. The van der Waals surface area contributed by atoms with Crippen molar-refractivity contribution in [3.63, 3.8) is 0 Å². The molecule has 0 bridgehead atoms. The van der Waals surface area contributed by atoms with Crippen LogP contribution in [0.2, 0.25) is 0 Å². The van der Waals surface area contributed by atoms with Crippen LogP contribution in [0.25, 0.3) is 0 Å². The molecule has 146 valence electrons. The molecule has 0 aliphatic carbocycles. The first kappa shape index (κ1) is 19.3. The summed E-state index contributed by atoms with van der Waals surface area (Å²) in [4.78, 5) is 18.6. The highest BCUT2D eigenvalue weighted by Crippen LogP contribution is 2.14. The van der Waals surface area contributed by atoms with Crippen molar-refractivity contribution in [2.75, 3.05) is 52.5 Å². The van der Waals surface area contributed by atoms with Gasteiger partial charge in [0, 0.05) is 58.1 Å². The topological polar surface area (TPSA) is 88.0 Å². The summed E-state index contributed by atoms with van der Waals surface area (Å²) in [6.07, 6.45) is 4.92. The average molecular weight is 385 g/mol. The molecule has 2 aliphatic rings. The highest BCUT2D eigenvalue weighted by atomic mass is 32.2. The molecule has 1 aromatic heterocycles. The summed E-state index contributed by atoms with van der Waals surface area (Å²) >= 11 is 0. The Labute approximate surface area is 154 Å². The van der Waals surface area contributed by atoms with Gasteiger partial charge in [0.05, 0.1) is 13.2 Å². The van der Waals surface area contributed by atoms with E-state index in [2.05, 4.69) is 4.98 Å². The minimum absolute atomic E-state index is 0.00307. The van der Waals surface area contributed by atoms with Crippen LogP contribution in [0.5, 0.6) is 0 Å². The van der Waals surface area contributed by atoms with Gasteiger partial charge in [0.25, 0.3) is 10.2 Å². The third-order valence-corrected chi connectivity index (χ3v) is 6.89. The lowest BCUT2D eigenvalue weighted by Crippen LogP contribution is -2.49. The predicted molar refractivity (Wildman–Crippen MR) is 95.7 cm³/mol. The molecule has 2 saturated heterocycles. The second kappa shape index (κ2) is 8.47. The van der Waals surface area contributed by atoms with Crippen LogP contribution >= 0.6 is 0 Å². The quantitative estimate of drug-likeness (QED) is 0.686. The number of hydrogen-bond donors (Lipinski definition) is 0. The van der Waals surface area contributed by atoms with E-state index in [1.165, 1.54) is 8.61 Å². The molecule has 0 aromatic carbocycles. The van der Waals surface area contributed by atoms with Crippen molar-refractivity contribution in [3.8, 4) is 0 Å². The van der Waals surface area contributed by atoms with Gasteiger partial charge in [-0.05, 0) is 6.42 Å². The van der Waals surface area contributed by atoms with Crippen molar-refractivity contribution in [2.24, 2.45) is 0 Å². The first-order chi connectivity index (χ1) is 12.5. The van der Waals surface area contributed by atoms with Gasteiger partial charge in [-0.1, -0.05) is 6.92 Å². The zero-order valence-corrected chi connectivity index (χ0v) is 16.0. The third-order valence-electron chi connectivity index (χ3n) is 4.85. The van der Waals surface area contributed by atoms with E-state index in [4.69, 9.17) is 4.74 Å². The molecule has 9 nitrogen and oxygen atoms in total. The van der Waals surface area contributed by atoms with Gasteiger partial charge in [-0.3, -0.25) is 4.79 Å². The number of amides is 1. The lowest BCUT2D eigenvalue weighted by atomic mass is 10.3.